The molecule has 26 heavy (non-hydrogen) atoms. The molecule has 3 unspecified atom stereocenters. The van der Waals surface area contributed by atoms with E-state index in [-0.39, 0.29) is 6.61 Å². The third-order valence-corrected chi connectivity index (χ3v) is 4.45. The van der Waals surface area contributed by atoms with E-state index in [9.17, 15) is 15.3 Å². The molecule has 0 spiro atoms. The van der Waals surface area contributed by atoms with Crippen LogP contribution in [0, 0.1) is 0 Å². The number of rotatable bonds is 5. The monoisotopic (exact) mass is 357 g/mol. The number of aromatic nitrogens is 4. The molecule has 0 radical (unpaired) electrons. The summed E-state index contributed by atoms with van der Waals surface area (Å²) in [7, 11) is 0. The minimum Gasteiger partial charge on any atom is -0.394 e. The van der Waals surface area contributed by atoms with Gasteiger partial charge in [-0.3, -0.25) is 4.57 Å². The molecular formula is C17H19N5O4. The molecule has 4 atom stereocenters. The molecule has 2 aromatic heterocycles. The van der Waals surface area contributed by atoms with Crippen molar-refractivity contribution in [3.63, 3.8) is 0 Å². The van der Waals surface area contributed by atoms with Crippen LogP contribution in [0.3, 0.4) is 0 Å². The van der Waals surface area contributed by atoms with Gasteiger partial charge < -0.3 is 25.4 Å². The van der Waals surface area contributed by atoms with E-state index in [0.29, 0.717) is 23.5 Å². The molecule has 9 heteroatoms. The fraction of sp³-hybridized carbons (Fsp3) is 0.353. The summed E-state index contributed by atoms with van der Waals surface area (Å²) in [5.74, 6) is 0.560. The van der Waals surface area contributed by atoms with Crippen molar-refractivity contribution in [2.45, 2.75) is 31.1 Å². The van der Waals surface area contributed by atoms with Crippen LogP contribution < -0.4 is 5.32 Å². The van der Waals surface area contributed by atoms with E-state index in [2.05, 4.69) is 20.3 Å². The Morgan fingerprint density at radius 2 is 1.88 bits per heavy atom. The lowest BCUT2D eigenvalue weighted by Crippen LogP contribution is -2.33. The zero-order chi connectivity index (χ0) is 18.1. The largest absolute Gasteiger partial charge is 0.394 e. The van der Waals surface area contributed by atoms with Gasteiger partial charge in [0.05, 0.1) is 12.9 Å². The van der Waals surface area contributed by atoms with Crippen LogP contribution in [0.4, 0.5) is 5.82 Å². The number of fused-ring (bicyclic) bond motifs is 1. The van der Waals surface area contributed by atoms with Crippen LogP contribution in [-0.2, 0) is 11.3 Å². The van der Waals surface area contributed by atoms with Crippen molar-refractivity contribution in [3.05, 3.63) is 48.5 Å². The molecule has 1 saturated heterocycles. The molecular weight excluding hydrogens is 338 g/mol. The first kappa shape index (κ1) is 16.9. The van der Waals surface area contributed by atoms with Crippen molar-refractivity contribution in [2.24, 2.45) is 0 Å². The van der Waals surface area contributed by atoms with E-state index in [1.54, 1.807) is 0 Å². The zero-order valence-electron chi connectivity index (χ0n) is 13.8. The standard InChI is InChI=1S/C17H19N5O4/c23-7-11-13(24)14(25)17(26-11)22-9-21-12-15(19-8-20-16(12)22)18-6-10-4-2-1-3-5-10/h1-5,8-9,11,13-14,17,23-25H,6-7H2,(H,18,19,20)/t11?,13?,14?,17-/m1/s1. The van der Waals surface area contributed by atoms with E-state index < -0.39 is 24.5 Å². The quantitative estimate of drug-likeness (QED) is 0.505. The molecule has 4 rings (SSSR count). The highest BCUT2D eigenvalue weighted by molar-refractivity contribution is 5.82. The van der Waals surface area contributed by atoms with Gasteiger partial charge in [0.1, 0.15) is 24.6 Å². The summed E-state index contributed by atoms with van der Waals surface area (Å²) in [6.45, 7) is 0.188. The Bertz CT molecular complexity index is 887. The molecule has 0 bridgehead atoms. The third-order valence-electron chi connectivity index (χ3n) is 4.45. The third kappa shape index (κ3) is 2.90. The molecule has 1 aliphatic heterocycles. The summed E-state index contributed by atoms with van der Waals surface area (Å²) < 4.78 is 7.08. The van der Waals surface area contributed by atoms with Crippen LogP contribution in [0.25, 0.3) is 11.2 Å². The Labute approximate surface area is 148 Å². The molecule has 1 aliphatic rings. The average Bonchev–Trinajstić information content (AvgIpc) is 3.23. The van der Waals surface area contributed by atoms with Gasteiger partial charge in [0, 0.05) is 6.54 Å². The minimum absolute atomic E-state index is 0.389. The summed E-state index contributed by atoms with van der Waals surface area (Å²) in [4.78, 5) is 12.8. The molecule has 0 aliphatic carbocycles. The second kappa shape index (κ2) is 6.96. The van der Waals surface area contributed by atoms with Gasteiger partial charge in [-0.15, -0.1) is 0 Å². The lowest BCUT2D eigenvalue weighted by molar-refractivity contribution is -0.0511. The summed E-state index contributed by atoms with van der Waals surface area (Å²) in [6.07, 6.45) is -1.24. The number of ether oxygens (including phenoxy) is 1. The Kier molecular flexibility index (Phi) is 4.51. The van der Waals surface area contributed by atoms with Gasteiger partial charge in [0.15, 0.2) is 23.2 Å². The Morgan fingerprint density at radius 3 is 2.62 bits per heavy atom. The highest BCUT2D eigenvalue weighted by atomic mass is 16.6. The van der Waals surface area contributed by atoms with E-state index in [1.165, 1.54) is 17.2 Å². The number of imidazole rings is 1. The van der Waals surface area contributed by atoms with Gasteiger partial charge in [-0.05, 0) is 5.56 Å². The molecule has 1 fully saturated rings. The molecule has 136 valence electrons. The van der Waals surface area contributed by atoms with Crippen molar-refractivity contribution in [1.82, 2.24) is 19.5 Å². The highest BCUT2D eigenvalue weighted by Gasteiger charge is 2.44. The number of benzene rings is 1. The van der Waals surface area contributed by atoms with Gasteiger partial charge in [-0.25, -0.2) is 15.0 Å². The van der Waals surface area contributed by atoms with Crippen LogP contribution in [0.5, 0.6) is 0 Å². The van der Waals surface area contributed by atoms with Crippen LogP contribution in [0.1, 0.15) is 11.8 Å². The van der Waals surface area contributed by atoms with E-state index in [4.69, 9.17) is 4.74 Å². The van der Waals surface area contributed by atoms with Crippen LogP contribution in [0.2, 0.25) is 0 Å². The maximum Gasteiger partial charge on any atom is 0.167 e. The predicted octanol–water partition coefficient (Wildman–Crippen LogP) is 0.0499. The molecule has 1 aromatic carbocycles. The molecule has 4 N–H and O–H groups in total. The van der Waals surface area contributed by atoms with Crippen LogP contribution in [0.15, 0.2) is 43.0 Å². The van der Waals surface area contributed by atoms with Crippen molar-refractivity contribution in [3.8, 4) is 0 Å². The predicted molar refractivity (Wildman–Crippen MR) is 92.1 cm³/mol. The second-order valence-corrected chi connectivity index (χ2v) is 6.11. The number of aliphatic hydroxyl groups is 3. The number of aliphatic hydroxyl groups excluding tert-OH is 3. The van der Waals surface area contributed by atoms with Crippen LogP contribution >= 0.6 is 0 Å². The minimum atomic E-state index is -1.19. The van der Waals surface area contributed by atoms with E-state index in [0.717, 1.165) is 5.56 Å². The summed E-state index contributed by atoms with van der Waals surface area (Å²) in [5, 5.41) is 32.6. The van der Waals surface area contributed by atoms with E-state index in [1.807, 2.05) is 30.3 Å². The van der Waals surface area contributed by atoms with Crippen molar-refractivity contribution < 1.29 is 20.1 Å². The van der Waals surface area contributed by atoms with Gasteiger partial charge in [-0.1, -0.05) is 30.3 Å². The molecule has 0 saturated carbocycles. The van der Waals surface area contributed by atoms with Gasteiger partial charge in [0.2, 0.25) is 0 Å². The van der Waals surface area contributed by atoms with Crippen molar-refractivity contribution in [1.29, 1.82) is 0 Å². The normalized spacial score (nSPS) is 25.7. The van der Waals surface area contributed by atoms with Gasteiger partial charge in [-0.2, -0.15) is 0 Å². The Balaban J connectivity index is 1.61. The second-order valence-electron chi connectivity index (χ2n) is 6.11. The first-order chi connectivity index (χ1) is 12.7. The van der Waals surface area contributed by atoms with E-state index >= 15 is 0 Å². The number of nitrogens with one attached hydrogen (secondary N) is 1. The highest BCUT2D eigenvalue weighted by Crippen LogP contribution is 2.32. The van der Waals surface area contributed by atoms with Crippen LogP contribution in [-0.4, -0.2) is 59.8 Å². The number of nitrogens with zero attached hydrogens (tertiary/aromatic N) is 4. The lowest BCUT2D eigenvalue weighted by Gasteiger charge is -2.16. The number of anilines is 1. The fourth-order valence-electron chi connectivity index (χ4n) is 3.06. The SMILES string of the molecule is OCC1O[C@@H](n2cnc3c(NCc4ccccc4)ncnc32)C(O)C1O. The summed E-state index contributed by atoms with van der Waals surface area (Å²) in [5.41, 5.74) is 2.09. The lowest BCUT2D eigenvalue weighted by atomic mass is 10.1. The average molecular weight is 357 g/mol. The smallest absolute Gasteiger partial charge is 0.167 e. The summed E-state index contributed by atoms with van der Waals surface area (Å²) >= 11 is 0. The number of hydrogen-bond donors (Lipinski definition) is 4. The topological polar surface area (TPSA) is 126 Å². The maximum atomic E-state index is 10.2. The molecule has 9 nitrogen and oxygen atoms in total. The fourth-order valence-corrected chi connectivity index (χ4v) is 3.06. The zero-order valence-corrected chi connectivity index (χ0v) is 13.8. The molecule has 3 heterocycles. The van der Waals surface area contributed by atoms with Gasteiger partial charge >= 0.3 is 0 Å². The molecule has 3 aromatic rings. The Hall–Kier alpha value is -2.59. The Morgan fingerprint density at radius 1 is 1.08 bits per heavy atom. The maximum absolute atomic E-state index is 10.2. The first-order valence-electron chi connectivity index (χ1n) is 8.27. The number of hydrogen-bond acceptors (Lipinski definition) is 8. The van der Waals surface area contributed by atoms with Gasteiger partial charge in [0.25, 0.3) is 0 Å². The van der Waals surface area contributed by atoms with Crippen molar-refractivity contribution in [2.75, 3.05) is 11.9 Å². The van der Waals surface area contributed by atoms with Crippen molar-refractivity contribution >= 4 is 17.0 Å². The molecule has 0 amide bonds. The summed E-state index contributed by atoms with van der Waals surface area (Å²) in [6, 6.07) is 9.88. The first-order valence-corrected chi connectivity index (χ1v) is 8.27.